The molecule has 9 nitrogen and oxygen atoms in total. The van der Waals surface area contributed by atoms with Crippen LogP contribution in [0.15, 0.2) is 70.4 Å². The van der Waals surface area contributed by atoms with E-state index in [2.05, 4.69) is 20.0 Å². The molecule has 12 heteroatoms. The number of carbonyl (C=O) groups is 2. The topological polar surface area (TPSA) is 121 Å². The van der Waals surface area contributed by atoms with Crippen LogP contribution in [0, 0.1) is 13.8 Å². The SMILES string of the molecule is Cc1ccnc(NS(=O)(=O)c2ccc(NC3=C(Cl)C(=O)N(c4cccc(Cl)c4C)C3=O)cc2)n1. The van der Waals surface area contributed by atoms with E-state index < -0.39 is 21.8 Å². The van der Waals surface area contributed by atoms with Gasteiger partial charge in [-0.3, -0.25) is 9.59 Å². The zero-order chi connectivity index (χ0) is 24.6. The molecular weight excluding hydrogens is 501 g/mol. The Bertz CT molecular complexity index is 1460. The molecule has 4 rings (SSSR count). The van der Waals surface area contributed by atoms with Crippen LogP contribution in [0.25, 0.3) is 0 Å². The minimum Gasteiger partial charge on any atom is -0.350 e. The number of amides is 2. The van der Waals surface area contributed by atoms with Crippen LogP contribution >= 0.6 is 23.2 Å². The van der Waals surface area contributed by atoms with E-state index in [1.54, 1.807) is 38.1 Å². The summed E-state index contributed by atoms with van der Waals surface area (Å²) in [6.07, 6.45) is 1.44. The first-order valence-corrected chi connectivity index (χ1v) is 12.1. The molecule has 1 aromatic heterocycles. The lowest BCUT2D eigenvalue weighted by atomic mass is 10.2. The molecule has 3 aromatic rings. The molecule has 2 N–H and O–H groups in total. The molecule has 174 valence electrons. The zero-order valence-electron chi connectivity index (χ0n) is 17.8. The van der Waals surface area contributed by atoms with E-state index in [0.717, 1.165) is 4.90 Å². The van der Waals surface area contributed by atoms with Gasteiger partial charge in [0.1, 0.15) is 10.7 Å². The first-order valence-electron chi connectivity index (χ1n) is 9.82. The van der Waals surface area contributed by atoms with Crippen LogP contribution in [-0.2, 0) is 19.6 Å². The molecule has 0 saturated heterocycles. The second-order valence-electron chi connectivity index (χ2n) is 7.30. The molecule has 0 spiro atoms. The molecule has 0 saturated carbocycles. The van der Waals surface area contributed by atoms with Gasteiger partial charge in [-0.05, 0) is 61.9 Å². The third-order valence-corrected chi connectivity index (χ3v) is 7.07. The molecule has 2 amide bonds. The Balaban J connectivity index is 1.54. The predicted octanol–water partition coefficient (Wildman–Crippen LogP) is 3.98. The quantitative estimate of drug-likeness (QED) is 0.474. The number of benzene rings is 2. The van der Waals surface area contributed by atoms with E-state index in [9.17, 15) is 18.0 Å². The first-order chi connectivity index (χ1) is 16.1. The van der Waals surface area contributed by atoms with Gasteiger partial charge in [-0.2, -0.15) is 0 Å². The van der Waals surface area contributed by atoms with Gasteiger partial charge >= 0.3 is 0 Å². The van der Waals surface area contributed by atoms with Crippen LogP contribution < -0.4 is 14.9 Å². The summed E-state index contributed by atoms with van der Waals surface area (Å²) in [7, 11) is -3.94. The molecule has 0 atom stereocenters. The van der Waals surface area contributed by atoms with Crippen LogP contribution in [-0.4, -0.2) is 30.2 Å². The van der Waals surface area contributed by atoms with E-state index in [4.69, 9.17) is 23.2 Å². The number of halogens is 2. The van der Waals surface area contributed by atoms with Crippen molar-refractivity contribution in [2.75, 3.05) is 14.9 Å². The Hall–Kier alpha value is -3.47. The second-order valence-corrected chi connectivity index (χ2v) is 9.76. The van der Waals surface area contributed by atoms with Crippen molar-refractivity contribution in [3.05, 3.63) is 81.7 Å². The maximum absolute atomic E-state index is 13.0. The van der Waals surface area contributed by atoms with E-state index in [-0.39, 0.29) is 21.6 Å². The van der Waals surface area contributed by atoms with Gasteiger partial charge in [-0.15, -0.1) is 0 Å². The zero-order valence-corrected chi connectivity index (χ0v) is 20.2. The lowest BCUT2D eigenvalue weighted by molar-refractivity contribution is -0.120. The lowest BCUT2D eigenvalue weighted by Crippen LogP contribution is -2.32. The highest BCUT2D eigenvalue weighted by Gasteiger charge is 2.39. The smallest absolute Gasteiger partial charge is 0.283 e. The minimum atomic E-state index is -3.94. The molecule has 0 bridgehead atoms. The number of imide groups is 1. The van der Waals surface area contributed by atoms with Crippen molar-refractivity contribution < 1.29 is 18.0 Å². The van der Waals surface area contributed by atoms with Gasteiger partial charge in [-0.1, -0.05) is 29.3 Å². The maximum atomic E-state index is 13.0. The third-order valence-electron chi connectivity index (χ3n) is 4.96. The number of hydrogen-bond acceptors (Lipinski definition) is 7. The van der Waals surface area contributed by atoms with Gasteiger partial charge in [-0.25, -0.2) is 28.0 Å². The van der Waals surface area contributed by atoms with Crippen molar-refractivity contribution in [2.24, 2.45) is 0 Å². The van der Waals surface area contributed by atoms with Crippen molar-refractivity contribution in [1.29, 1.82) is 0 Å². The van der Waals surface area contributed by atoms with Gasteiger partial charge < -0.3 is 5.32 Å². The number of carbonyl (C=O) groups excluding carboxylic acids is 2. The van der Waals surface area contributed by atoms with Crippen molar-refractivity contribution in [2.45, 2.75) is 18.7 Å². The standard InChI is InChI=1S/C22H17Cl2N5O4S/c1-12-10-11-25-22(26-12)28-34(32,33)15-8-6-14(7-9-15)27-19-18(24)20(30)29(21(19)31)17-5-3-4-16(23)13(17)2/h3-11,27H,1-2H3,(H,25,26,28). The fraction of sp³-hybridized carbons (Fsp3) is 0.0909. The highest BCUT2D eigenvalue weighted by Crippen LogP contribution is 2.34. The third kappa shape index (κ3) is 4.47. The van der Waals surface area contributed by atoms with Crippen molar-refractivity contribution in [3.8, 4) is 0 Å². The van der Waals surface area contributed by atoms with Gasteiger partial charge in [0.25, 0.3) is 21.8 Å². The summed E-state index contributed by atoms with van der Waals surface area (Å²) < 4.78 is 27.5. The minimum absolute atomic E-state index is 0.0479. The Morgan fingerprint density at radius 2 is 1.65 bits per heavy atom. The summed E-state index contributed by atoms with van der Waals surface area (Å²) in [4.78, 5) is 34.5. The molecule has 0 radical (unpaired) electrons. The van der Waals surface area contributed by atoms with Crippen LogP contribution in [0.4, 0.5) is 17.3 Å². The Morgan fingerprint density at radius 3 is 2.32 bits per heavy atom. The Labute approximate surface area is 205 Å². The van der Waals surface area contributed by atoms with Gasteiger partial charge in [0.15, 0.2) is 0 Å². The predicted molar refractivity (Wildman–Crippen MR) is 129 cm³/mol. The number of anilines is 3. The normalized spacial score (nSPS) is 14.1. The van der Waals surface area contributed by atoms with E-state index in [1.807, 2.05) is 0 Å². The van der Waals surface area contributed by atoms with Crippen LogP contribution in [0.3, 0.4) is 0 Å². The van der Waals surface area contributed by atoms with E-state index >= 15 is 0 Å². The summed E-state index contributed by atoms with van der Waals surface area (Å²) in [5.41, 5.74) is 1.70. The molecule has 2 heterocycles. The summed E-state index contributed by atoms with van der Waals surface area (Å²) in [5, 5.41) is 2.91. The Morgan fingerprint density at radius 1 is 0.941 bits per heavy atom. The summed E-state index contributed by atoms with van der Waals surface area (Å²) in [6, 6.07) is 12.0. The average Bonchev–Trinajstić information content (AvgIpc) is 2.99. The van der Waals surface area contributed by atoms with Gasteiger partial charge in [0.2, 0.25) is 5.95 Å². The number of aryl methyl sites for hydroxylation is 1. The van der Waals surface area contributed by atoms with Crippen molar-refractivity contribution in [3.63, 3.8) is 0 Å². The molecule has 2 aromatic carbocycles. The van der Waals surface area contributed by atoms with Gasteiger partial charge in [0.05, 0.1) is 10.6 Å². The molecule has 0 aliphatic carbocycles. The largest absolute Gasteiger partial charge is 0.350 e. The number of nitrogens with one attached hydrogen (secondary N) is 2. The number of nitrogens with zero attached hydrogens (tertiary/aromatic N) is 3. The number of rotatable bonds is 6. The summed E-state index contributed by atoms with van der Waals surface area (Å²) in [6.45, 7) is 3.40. The summed E-state index contributed by atoms with van der Waals surface area (Å²) >= 11 is 12.3. The fourth-order valence-corrected chi connectivity index (χ4v) is 4.54. The number of aromatic nitrogens is 2. The highest BCUT2D eigenvalue weighted by molar-refractivity contribution is 7.92. The van der Waals surface area contributed by atoms with Crippen LogP contribution in [0.2, 0.25) is 5.02 Å². The monoisotopic (exact) mass is 517 g/mol. The lowest BCUT2D eigenvalue weighted by Gasteiger charge is -2.18. The second kappa shape index (κ2) is 9.05. The molecule has 1 aliphatic heterocycles. The molecular formula is C22H17Cl2N5O4S. The molecule has 0 fully saturated rings. The molecule has 34 heavy (non-hydrogen) atoms. The van der Waals surface area contributed by atoms with E-state index in [0.29, 0.717) is 27.7 Å². The Kier molecular flexibility index (Phi) is 6.30. The van der Waals surface area contributed by atoms with Crippen LogP contribution in [0.1, 0.15) is 11.3 Å². The molecule has 1 aliphatic rings. The summed E-state index contributed by atoms with van der Waals surface area (Å²) in [5.74, 6) is -1.40. The van der Waals surface area contributed by atoms with E-state index in [1.165, 1.54) is 30.5 Å². The maximum Gasteiger partial charge on any atom is 0.283 e. The van der Waals surface area contributed by atoms with Crippen molar-refractivity contribution >= 4 is 62.4 Å². The number of hydrogen-bond donors (Lipinski definition) is 2. The van der Waals surface area contributed by atoms with Gasteiger partial charge in [0, 0.05) is 22.6 Å². The fourth-order valence-electron chi connectivity index (χ4n) is 3.21. The van der Waals surface area contributed by atoms with Crippen molar-refractivity contribution in [1.82, 2.24) is 9.97 Å². The number of sulfonamides is 1. The molecule has 0 unspecified atom stereocenters. The van der Waals surface area contributed by atoms with Crippen LogP contribution in [0.5, 0.6) is 0 Å². The average molecular weight is 518 g/mol. The first kappa shape index (κ1) is 23.7. The highest BCUT2D eigenvalue weighted by atomic mass is 35.5.